The summed E-state index contributed by atoms with van der Waals surface area (Å²) in [5, 5.41) is 0.330. The van der Waals surface area contributed by atoms with Gasteiger partial charge < -0.3 is 13.9 Å². The molecule has 6 heteroatoms. The Hall–Kier alpha value is 0.664. The molecule has 0 saturated heterocycles. The SMILES string of the molecule is COCO[SiH2]CCCS[Si](C)(C)C(C)(C)COC. The summed E-state index contributed by atoms with van der Waals surface area (Å²) in [4.78, 5) is 0. The normalized spacial score (nSPS) is 13.7. The third-order valence-electron chi connectivity index (χ3n) is 3.48. The maximum absolute atomic E-state index is 5.42. The van der Waals surface area contributed by atoms with Crippen molar-refractivity contribution >= 4 is 28.2 Å². The monoisotopic (exact) mass is 310 g/mol. The molecular weight excluding hydrogens is 280 g/mol. The van der Waals surface area contributed by atoms with E-state index in [1.165, 1.54) is 18.2 Å². The fraction of sp³-hybridized carbons (Fsp3) is 1.00. The van der Waals surface area contributed by atoms with E-state index in [1.807, 2.05) is 0 Å². The van der Waals surface area contributed by atoms with Gasteiger partial charge in [0, 0.05) is 20.8 Å². The van der Waals surface area contributed by atoms with Crippen molar-refractivity contribution in [2.24, 2.45) is 0 Å². The zero-order valence-electron chi connectivity index (χ0n) is 12.9. The summed E-state index contributed by atoms with van der Waals surface area (Å²) < 4.78 is 15.7. The fourth-order valence-electron chi connectivity index (χ4n) is 1.51. The van der Waals surface area contributed by atoms with Crippen LogP contribution in [0.2, 0.25) is 24.2 Å². The Kier molecular flexibility index (Phi) is 9.90. The summed E-state index contributed by atoms with van der Waals surface area (Å²) in [5.41, 5.74) is 0. The Morgan fingerprint density at radius 2 is 1.83 bits per heavy atom. The van der Waals surface area contributed by atoms with Gasteiger partial charge in [-0.05, 0) is 23.3 Å². The maximum atomic E-state index is 5.42. The Bertz CT molecular complexity index is 213. The largest absolute Gasteiger partial charge is 0.402 e. The van der Waals surface area contributed by atoms with E-state index in [2.05, 4.69) is 38.2 Å². The molecule has 0 bridgehead atoms. The lowest BCUT2D eigenvalue weighted by Crippen LogP contribution is -2.39. The second-order valence-corrected chi connectivity index (χ2v) is 16.2. The molecule has 0 atom stereocenters. The molecular formula is C12H30O3SSi2. The van der Waals surface area contributed by atoms with Crippen LogP contribution in [0.4, 0.5) is 0 Å². The molecule has 0 aliphatic carbocycles. The summed E-state index contributed by atoms with van der Waals surface area (Å²) in [6.07, 6.45) is 1.28. The third-order valence-corrected chi connectivity index (χ3v) is 13.8. The highest BCUT2D eigenvalue weighted by Crippen LogP contribution is 2.44. The Labute approximate surface area is 120 Å². The second kappa shape index (κ2) is 9.55. The number of hydrogen-bond acceptors (Lipinski definition) is 4. The number of methoxy groups -OCH3 is 2. The first-order chi connectivity index (χ1) is 8.37. The van der Waals surface area contributed by atoms with E-state index in [-0.39, 0.29) is 9.76 Å². The van der Waals surface area contributed by atoms with Crippen molar-refractivity contribution in [3.63, 3.8) is 0 Å². The van der Waals surface area contributed by atoms with Gasteiger partial charge in [-0.2, -0.15) is 11.2 Å². The van der Waals surface area contributed by atoms with Crippen molar-refractivity contribution in [3.8, 4) is 0 Å². The lowest BCUT2D eigenvalue weighted by atomic mass is 10.2. The van der Waals surface area contributed by atoms with Gasteiger partial charge in [0.25, 0.3) is 0 Å². The van der Waals surface area contributed by atoms with E-state index in [4.69, 9.17) is 13.9 Å². The lowest BCUT2D eigenvalue weighted by Gasteiger charge is -2.38. The van der Waals surface area contributed by atoms with Crippen molar-refractivity contribution in [1.82, 2.24) is 0 Å². The van der Waals surface area contributed by atoms with Crippen LogP contribution in [-0.4, -0.2) is 50.4 Å². The average Bonchev–Trinajstić information content (AvgIpc) is 2.27. The van der Waals surface area contributed by atoms with Crippen LogP contribution in [0.5, 0.6) is 0 Å². The van der Waals surface area contributed by atoms with Gasteiger partial charge in [0.2, 0.25) is 0 Å². The molecule has 0 spiro atoms. The number of ether oxygens (including phenoxy) is 2. The maximum Gasteiger partial charge on any atom is 0.164 e. The molecule has 0 fully saturated rings. The summed E-state index contributed by atoms with van der Waals surface area (Å²) >= 11 is 2.18. The minimum Gasteiger partial charge on any atom is -0.402 e. The molecule has 0 aliphatic rings. The van der Waals surface area contributed by atoms with Crippen molar-refractivity contribution in [2.45, 2.75) is 44.4 Å². The van der Waals surface area contributed by atoms with Crippen LogP contribution in [0.1, 0.15) is 20.3 Å². The van der Waals surface area contributed by atoms with Gasteiger partial charge in [-0.1, -0.05) is 26.9 Å². The molecule has 0 N–H and O–H groups in total. The smallest absolute Gasteiger partial charge is 0.164 e. The highest BCUT2D eigenvalue weighted by Gasteiger charge is 2.39. The highest BCUT2D eigenvalue weighted by atomic mass is 32.4. The molecule has 0 amide bonds. The first-order valence-corrected chi connectivity index (χ1v) is 12.9. The van der Waals surface area contributed by atoms with Crippen LogP contribution >= 0.6 is 11.2 Å². The molecule has 0 rings (SSSR count). The van der Waals surface area contributed by atoms with Gasteiger partial charge in [0.15, 0.2) is 9.76 Å². The molecule has 0 heterocycles. The van der Waals surface area contributed by atoms with Crippen LogP contribution in [0.15, 0.2) is 0 Å². The highest BCUT2D eigenvalue weighted by molar-refractivity contribution is 8.29. The summed E-state index contributed by atoms with van der Waals surface area (Å²) in [6, 6.07) is 1.26. The van der Waals surface area contributed by atoms with E-state index in [0.717, 1.165) is 6.61 Å². The number of hydrogen-bond donors (Lipinski definition) is 0. The molecule has 3 nitrogen and oxygen atoms in total. The van der Waals surface area contributed by atoms with Gasteiger partial charge in [0.05, 0.1) is 0 Å². The van der Waals surface area contributed by atoms with Crippen LogP contribution in [0, 0.1) is 0 Å². The Morgan fingerprint density at radius 1 is 1.17 bits per heavy atom. The minimum atomic E-state index is -1.29. The zero-order valence-corrected chi connectivity index (χ0v) is 16.1. The van der Waals surface area contributed by atoms with Crippen molar-refractivity contribution in [1.29, 1.82) is 0 Å². The molecule has 0 aromatic heterocycles. The summed E-state index contributed by atoms with van der Waals surface area (Å²) in [6.45, 7) is 10.9. The van der Waals surface area contributed by atoms with Crippen LogP contribution in [0.25, 0.3) is 0 Å². The summed E-state index contributed by atoms with van der Waals surface area (Å²) in [5.74, 6) is 1.26. The molecule has 110 valence electrons. The Balaban J connectivity index is 3.76. The first-order valence-electron chi connectivity index (χ1n) is 6.57. The fourth-order valence-corrected chi connectivity index (χ4v) is 7.87. The standard InChI is InChI=1S/C12H30O3SSi2/c1-12(2,10-13-3)18(5,6)16-8-7-9-17-15-11-14-4/h7-11,17H2,1-6H3. The zero-order chi connectivity index (χ0) is 14.1. The van der Waals surface area contributed by atoms with Crippen molar-refractivity contribution < 1.29 is 13.9 Å². The Morgan fingerprint density at radius 3 is 2.39 bits per heavy atom. The first kappa shape index (κ1) is 18.7. The molecule has 18 heavy (non-hydrogen) atoms. The van der Waals surface area contributed by atoms with Gasteiger partial charge in [-0.25, -0.2) is 0 Å². The van der Waals surface area contributed by atoms with Crippen molar-refractivity contribution in [2.75, 3.05) is 33.4 Å². The van der Waals surface area contributed by atoms with Gasteiger partial charge in [-0.3, -0.25) is 0 Å². The quantitative estimate of drug-likeness (QED) is 0.333. The predicted octanol–water partition coefficient (Wildman–Crippen LogP) is 2.86. The topological polar surface area (TPSA) is 27.7 Å². The lowest BCUT2D eigenvalue weighted by molar-refractivity contribution is 0.0536. The second-order valence-electron chi connectivity index (χ2n) is 5.70. The molecule has 0 unspecified atom stereocenters. The molecule has 0 aromatic rings. The van der Waals surface area contributed by atoms with E-state index in [9.17, 15) is 0 Å². The third kappa shape index (κ3) is 7.30. The van der Waals surface area contributed by atoms with Crippen LogP contribution in [0.3, 0.4) is 0 Å². The minimum absolute atomic E-state index is 0.330. The van der Waals surface area contributed by atoms with E-state index in [0.29, 0.717) is 11.8 Å². The van der Waals surface area contributed by atoms with Gasteiger partial charge in [-0.15, -0.1) is 0 Å². The van der Waals surface area contributed by atoms with E-state index in [1.54, 1.807) is 14.2 Å². The molecule has 0 saturated carbocycles. The molecule has 0 aromatic carbocycles. The van der Waals surface area contributed by atoms with Gasteiger partial charge >= 0.3 is 0 Å². The van der Waals surface area contributed by atoms with E-state index >= 15 is 0 Å². The molecule has 0 aliphatic heterocycles. The van der Waals surface area contributed by atoms with Crippen LogP contribution in [-0.2, 0) is 13.9 Å². The molecule has 0 radical (unpaired) electrons. The van der Waals surface area contributed by atoms with E-state index < -0.39 is 7.22 Å². The van der Waals surface area contributed by atoms with Crippen molar-refractivity contribution in [3.05, 3.63) is 0 Å². The number of rotatable bonds is 11. The predicted molar refractivity (Wildman–Crippen MR) is 86.8 cm³/mol. The summed E-state index contributed by atoms with van der Waals surface area (Å²) in [7, 11) is 1.84. The van der Waals surface area contributed by atoms with Crippen LogP contribution < -0.4 is 0 Å². The average molecular weight is 311 g/mol. The van der Waals surface area contributed by atoms with Gasteiger partial charge in [0.1, 0.15) is 14.0 Å².